The summed E-state index contributed by atoms with van der Waals surface area (Å²) in [5.74, 6) is 2.71. The molecule has 6 nitrogen and oxygen atoms in total. The summed E-state index contributed by atoms with van der Waals surface area (Å²) in [7, 11) is -3.12. The molecule has 0 aromatic heterocycles. The van der Waals surface area contributed by atoms with Crippen molar-refractivity contribution in [1.29, 1.82) is 0 Å². The molecule has 0 spiro atoms. The van der Waals surface area contributed by atoms with E-state index in [1.165, 1.54) is 6.26 Å². The first kappa shape index (κ1) is 18.3. The molecule has 0 saturated carbocycles. The van der Waals surface area contributed by atoms with Crippen LogP contribution < -0.4 is 5.73 Å². The van der Waals surface area contributed by atoms with Gasteiger partial charge in [0.05, 0.1) is 12.8 Å². The number of thioether (sulfide) groups is 1. The second-order valence-electron chi connectivity index (χ2n) is 4.97. The van der Waals surface area contributed by atoms with Crippen LogP contribution in [0.15, 0.2) is 4.99 Å². The van der Waals surface area contributed by atoms with Gasteiger partial charge in [-0.15, -0.1) is 24.0 Å². The van der Waals surface area contributed by atoms with Crippen molar-refractivity contribution in [1.82, 2.24) is 9.21 Å². The normalized spacial score (nSPS) is 25.6. The number of nitrogens with two attached hydrogens (primary N) is 1. The zero-order chi connectivity index (χ0) is 13.9. The minimum Gasteiger partial charge on any atom is -0.370 e. The summed E-state index contributed by atoms with van der Waals surface area (Å²) in [6, 6.07) is -0.0206. The third-order valence-electron chi connectivity index (χ3n) is 3.55. The fraction of sp³-hybridized carbons (Fsp3) is 0.909. The number of halogens is 1. The van der Waals surface area contributed by atoms with Crippen molar-refractivity contribution >= 4 is 51.7 Å². The zero-order valence-corrected chi connectivity index (χ0v) is 15.7. The average molecular weight is 434 g/mol. The van der Waals surface area contributed by atoms with Crippen LogP contribution in [0.3, 0.4) is 0 Å². The Kier molecular flexibility index (Phi) is 7.36. The largest absolute Gasteiger partial charge is 0.370 e. The van der Waals surface area contributed by atoms with Crippen LogP contribution in [0, 0.1) is 0 Å². The second-order valence-corrected chi connectivity index (χ2v) is 8.13. The predicted octanol–water partition coefficient (Wildman–Crippen LogP) is 0.392. The fourth-order valence-corrected chi connectivity index (χ4v) is 4.60. The second kappa shape index (κ2) is 8.04. The molecule has 0 unspecified atom stereocenters. The summed E-state index contributed by atoms with van der Waals surface area (Å²) in [5.41, 5.74) is 5.98. The molecule has 0 aliphatic carbocycles. The van der Waals surface area contributed by atoms with Crippen molar-refractivity contribution in [2.45, 2.75) is 18.9 Å². The number of nitrogens with zero attached hydrogens (tertiary/aromatic N) is 3. The molecule has 2 rings (SSSR count). The van der Waals surface area contributed by atoms with Gasteiger partial charge in [0.1, 0.15) is 0 Å². The molecule has 2 aliphatic rings. The lowest BCUT2D eigenvalue weighted by Gasteiger charge is -2.28. The van der Waals surface area contributed by atoms with E-state index in [9.17, 15) is 8.42 Å². The highest BCUT2D eigenvalue weighted by Gasteiger charge is 2.31. The zero-order valence-electron chi connectivity index (χ0n) is 11.7. The molecular weight excluding hydrogens is 411 g/mol. The first-order valence-electron chi connectivity index (χ1n) is 6.58. The van der Waals surface area contributed by atoms with E-state index < -0.39 is 10.0 Å². The van der Waals surface area contributed by atoms with Crippen LogP contribution in [-0.4, -0.2) is 73.6 Å². The van der Waals surface area contributed by atoms with Gasteiger partial charge in [0.25, 0.3) is 0 Å². The molecule has 1 atom stereocenters. The Bertz CT molecular complexity index is 438. The molecule has 0 aromatic carbocycles. The molecular formula is C11H23IN4O2S2. The van der Waals surface area contributed by atoms with E-state index in [2.05, 4.69) is 9.89 Å². The summed E-state index contributed by atoms with van der Waals surface area (Å²) >= 11 is 1.92. The average Bonchev–Trinajstić information content (AvgIpc) is 2.85. The first-order valence-corrected chi connectivity index (χ1v) is 9.58. The molecule has 0 radical (unpaired) electrons. The van der Waals surface area contributed by atoms with Crippen LogP contribution in [-0.2, 0) is 10.0 Å². The molecule has 2 saturated heterocycles. The predicted molar refractivity (Wildman–Crippen MR) is 95.4 cm³/mol. The van der Waals surface area contributed by atoms with Crippen LogP contribution in [0.2, 0.25) is 0 Å². The molecule has 0 aromatic rings. The first-order chi connectivity index (χ1) is 8.98. The van der Waals surface area contributed by atoms with Gasteiger partial charge in [0.2, 0.25) is 10.0 Å². The lowest BCUT2D eigenvalue weighted by atomic mass is 10.2. The van der Waals surface area contributed by atoms with Crippen molar-refractivity contribution in [3.05, 3.63) is 0 Å². The molecule has 2 fully saturated rings. The van der Waals surface area contributed by atoms with Crippen molar-refractivity contribution in [2.24, 2.45) is 10.7 Å². The van der Waals surface area contributed by atoms with Crippen LogP contribution in [0.5, 0.6) is 0 Å². The van der Waals surface area contributed by atoms with E-state index in [0.29, 0.717) is 19.0 Å². The van der Waals surface area contributed by atoms with E-state index in [1.54, 1.807) is 4.31 Å². The van der Waals surface area contributed by atoms with E-state index in [-0.39, 0.29) is 30.0 Å². The standard InChI is InChI=1S/C11H22N4O2S2.HI/c1-19(16,17)15-4-2-3-10(15)9-13-11(12)14-5-7-18-8-6-14;/h10H,2-9H2,1H3,(H2,12,13);1H/t10-;/m1./s1. The summed E-state index contributed by atoms with van der Waals surface area (Å²) < 4.78 is 24.8. The third kappa shape index (κ3) is 4.92. The van der Waals surface area contributed by atoms with Gasteiger partial charge in [-0.3, -0.25) is 4.99 Å². The van der Waals surface area contributed by atoms with E-state index in [4.69, 9.17) is 5.73 Å². The Morgan fingerprint density at radius 2 is 2.00 bits per heavy atom. The smallest absolute Gasteiger partial charge is 0.211 e. The van der Waals surface area contributed by atoms with Gasteiger partial charge in [-0.05, 0) is 12.8 Å². The number of hydrogen-bond acceptors (Lipinski definition) is 4. The highest BCUT2D eigenvalue weighted by atomic mass is 127. The number of hydrogen-bond donors (Lipinski definition) is 1. The molecule has 20 heavy (non-hydrogen) atoms. The summed E-state index contributed by atoms with van der Waals surface area (Å²) in [6.45, 7) is 2.95. The van der Waals surface area contributed by atoms with Crippen LogP contribution in [0.4, 0.5) is 0 Å². The van der Waals surface area contributed by atoms with Crippen LogP contribution >= 0.6 is 35.7 Å². The van der Waals surface area contributed by atoms with Crippen LogP contribution in [0.25, 0.3) is 0 Å². The van der Waals surface area contributed by atoms with Gasteiger partial charge < -0.3 is 10.6 Å². The minimum atomic E-state index is -3.12. The van der Waals surface area contributed by atoms with E-state index in [0.717, 1.165) is 37.4 Å². The highest BCUT2D eigenvalue weighted by Crippen LogP contribution is 2.20. The SMILES string of the molecule is CS(=O)(=O)N1CCC[C@@H]1CN=C(N)N1CCSCC1.I. The highest BCUT2D eigenvalue weighted by molar-refractivity contribution is 14.0. The van der Waals surface area contributed by atoms with Gasteiger partial charge >= 0.3 is 0 Å². The molecule has 0 amide bonds. The monoisotopic (exact) mass is 434 g/mol. The lowest BCUT2D eigenvalue weighted by molar-refractivity contribution is 0.393. The molecule has 2 aliphatic heterocycles. The number of sulfonamides is 1. The molecule has 2 heterocycles. The molecule has 2 N–H and O–H groups in total. The van der Waals surface area contributed by atoms with E-state index >= 15 is 0 Å². The Hall–Kier alpha value is 0.260. The van der Waals surface area contributed by atoms with Crippen molar-refractivity contribution in [3.63, 3.8) is 0 Å². The maximum atomic E-state index is 11.6. The molecule has 0 bridgehead atoms. The van der Waals surface area contributed by atoms with Crippen LogP contribution in [0.1, 0.15) is 12.8 Å². The Morgan fingerprint density at radius 1 is 1.35 bits per heavy atom. The molecule has 9 heteroatoms. The summed E-state index contributed by atoms with van der Waals surface area (Å²) in [4.78, 5) is 6.48. The van der Waals surface area contributed by atoms with Gasteiger partial charge in [-0.1, -0.05) is 0 Å². The van der Waals surface area contributed by atoms with Crippen molar-refractivity contribution in [3.8, 4) is 0 Å². The quantitative estimate of drug-likeness (QED) is 0.395. The Morgan fingerprint density at radius 3 is 2.60 bits per heavy atom. The minimum absolute atomic E-state index is 0. The Labute approximate surface area is 142 Å². The van der Waals surface area contributed by atoms with Gasteiger partial charge in [-0.25, -0.2) is 8.42 Å². The number of guanidine groups is 1. The fourth-order valence-electron chi connectivity index (χ4n) is 2.52. The maximum Gasteiger partial charge on any atom is 0.211 e. The summed E-state index contributed by atoms with van der Waals surface area (Å²) in [5, 5.41) is 0. The summed E-state index contributed by atoms with van der Waals surface area (Å²) in [6.07, 6.45) is 3.05. The lowest BCUT2D eigenvalue weighted by Crippen LogP contribution is -2.43. The van der Waals surface area contributed by atoms with Crippen molar-refractivity contribution < 1.29 is 8.42 Å². The van der Waals surface area contributed by atoms with Gasteiger partial charge in [0.15, 0.2) is 5.96 Å². The maximum absolute atomic E-state index is 11.6. The van der Waals surface area contributed by atoms with Gasteiger partial charge in [-0.2, -0.15) is 16.1 Å². The third-order valence-corrected chi connectivity index (χ3v) is 5.82. The number of rotatable bonds is 3. The molecule has 118 valence electrons. The van der Waals surface area contributed by atoms with E-state index in [1.807, 2.05) is 11.8 Å². The topological polar surface area (TPSA) is 79.0 Å². The van der Waals surface area contributed by atoms with Crippen molar-refractivity contribution in [2.75, 3.05) is 43.9 Å². The van der Waals surface area contributed by atoms with Gasteiger partial charge in [0, 0.05) is 37.2 Å². The Balaban J connectivity index is 0.00000200. The number of aliphatic imine (C=N–C) groups is 1.